The number of halogens is 2. The second-order valence-electron chi connectivity index (χ2n) is 10.4. The van der Waals surface area contributed by atoms with E-state index in [-0.39, 0.29) is 22.9 Å². The Morgan fingerprint density at radius 2 is 2.00 bits per heavy atom. The van der Waals surface area contributed by atoms with Crippen molar-refractivity contribution in [1.82, 2.24) is 20.4 Å². The van der Waals surface area contributed by atoms with Gasteiger partial charge in [0, 0.05) is 30.6 Å². The molecule has 2 heterocycles. The summed E-state index contributed by atoms with van der Waals surface area (Å²) in [5.74, 6) is 0.449. The number of hydrogen-bond acceptors (Lipinski definition) is 7. The third-order valence-corrected chi connectivity index (χ3v) is 7.42. The van der Waals surface area contributed by atoms with Crippen molar-refractivity contribution >= 4 is 51.5 Å². The number of thiocarbonyl (C=S) groups is 1. The van der Waals surface area contributed by atoms with Crippen LogP contribution in [-0.2, 0) is 24.6 Å². The minimum absolute atomic E-state index is 0.0912. The Bertz CT molecular complexity index is 1210. The van der Waals surface area contributed by atoms with Crippen molar-refractivity contribution in [3.8, 4) is 5.88 Å². The Balaban J connectivity index is 1.46. The number of nitrogens with zero attached hydrogens (tertiary/aromatic N) is 2. The van der Waals surface area contributed by atoms with Gasteiger partial charge in [-0.2, -0.15) is 8.78 Å². The van der Waals surface area contributed by atoms with Crippen LogP contribution in [0.3, 0.4) is 0 Å². The zero-order valence-electron chi connectivity index (χ0n) is 21.7. The summed E-state index contributed by atoms with van der Waals surface area (Å²) in [4.78, 5) is 26.8. The molecule has 4 rings (SSSR count). The number of alkyl halides is 2. The van der Waals surface area contributed by atoms with Crippen LogP contribution in [0.4, 0.5) is 24.4 Å². The maximum absolute atomic E-state index is 13.3. The van der Waals surface area contributed by atoms with Gasteiger partial charge in [-0.25, -0.2) is 9.48 Å². The van der Waals surface area contributed by atoms with Crippen LogP contribution in [0.5, 0.6) is 5.88 Å². The van der Waals surface area contributed by atoms with Crippen LogP contribution >= 0.6 is 23.6 Å². The molecule has 0 bridgehead atoms. The van der Waals surface area contributed by atoms with Gasteiger partial charge in [-0.15, -0.1) is 16.4 Å². The van der Waals surface area contributed by atoms with Crippen molar-refractivity contribution in [1.29, 1.82) is 0 Å². The fourth-order valence-electron chi connectivity index (χ4n) is 4.12. The molecule has 0 saturated heterocycles. The fraction of sp³-hybridized carbons (Fsp3) is 0.583. The summed E-state index contributed by atoms with van der Waals surface area (Å²) in [5, 5.41) is 16.6. The number of nitrogens with one attached hydrogen (secondary N) is 4. The van der Waals surface area contributed by atoms with Crippen LogP contribution < -0.4 is 26.0 Å². The third kappa shape index (κ3) is 7.53. The third-order valence-electron chi connectivity index (χ3n) is 5.99. The lowest BCUT2D eigenvalue weighted by atomic mass is 9.91. The molecule has 14 heteroatoms. The molecule has 0 radical (unpaired) electrons. The molecule has 1 fully saturated rings. The number of aromatic nitrogens is 2. The van der Waals surface area contributed by atoms with E-state index in [0.717, 1.165) is 29.7 Å². The maximum atomic E-state index is 13.3. The van der Waals surface area contributed by atoms with Gasteiger partial charge >= 0.3 is 12.7 Å². The lowest BCUT2D eigenvalue weighted by Gasteiger charge is -2.25. The zero-order chi connectivity index (χ0) is 27.6. The molecule has 0 unspecified atom stereocenters. The van der Waals surface area contributed by atoms with Crippen molar-refractivity contribution in [2.75, 3.05) is 17.2 Å². The van der Waals surface area contributed by atoms with E-state index in [0.29, 0.717) is 41.7 Å². The largest absolute Gasteiger partial charge is 0.444 e. The smallest absolute Gasteiger partial charge is 0.412 e. The van der Waals surface area contributed by atoms with Gasteiger partial charge in [-0.1, -0.05) is 0 Å². The number of hydrogen-bond donors (Lipinski definition) is 4. The monoisotopic (exact) mass is 570 g/mol. The van der Waals surface area contributed by atoms with Gasteiger partial charge in [0.25, 0.3) is 5.91 Å². The van der Waals surface area contributed by atoms with Gasteiger partial charge in [-0.3, -0.25) is 10.1 Å². The van der Waals surface area contributed by atoms with E-state index in [1.807, 2.05) is 0 Å². The lowest BCUT2D eigenvalue weighted by molar-refractivity contribution is -0.0531. The van der Waals surface area contributed by atoms with Crippen LogP contribution in [0.15, 0.2) is 6.07 Å². The van der Waals surface area contributed by atoms with E-state index in [4.69, 9.17) is 17.0 Å². The average molecular weight is 571 g/mol. The summed E-state index contributed by atoms with van der Waals surface area (Å²) in [6, 6.07) is 1.24. The van der Waals surface area contributed by atoms with Crippen molar-refractivity contribution < 1.29 is 27.8 Å². The molecule has 0 aromatic carbocycles. The SMILES string of the molecule is Cn1nc(OC(F)F)cc1NC(=S)N[C@H]1CCc2sc(NC(=O)OC(C)(C)C)c(C(=O)NCC3CC3)c2C1. The number of thiophene rings is 1. The van der Waals surface area contributed by atoms with E-state index in [1.165, 1.54) is 22.1 Å². The van der Waals surface area contributed by atoms with Crippen molar-refractivity contribution in [3.63, 3.8) is 0 Å². The molecule has 4 N–H and O–H groups in total. The highest BCUT2D eigenvalue weighted by Crippen LogP contribution is 2.39. The Kier molecular flexibility index (Phi) is 8.40. The molecular formula is C24H32F2N6O4S2. The van der Waals surface area contributed by atoms with E-state index >= 15 is 0 Å². The predicted molar refractivity (Wildman–Crippen MR) is 144 cm³/mol. The number of carbonyl (C=O) groups excluding carboxylic acids is 2. The van der Waals surface area contributed by atoms with E-state index in [1.54, 1.807) is 27.8 Å². The van der Waals surface area contributed by atoms with Gasteiger partial charge in [-0.05, 0) is 76.6 Å². The Morgan fingerprint density at radius 1 is 1.26 bits per heavy atom. The highest BCUT2D eigenvalue weighted by Gasteiger charge is 2.32. The molecule has 2 aliphatic carbocycles. The molecule has 10 nitrogen and oxygen atoms in total. The van der Waals surface area contributed by atoms with Crippen LogP contribution in [-0.4, -0.2) is 51.7 Å². The first-order valence-corrected chi connectivity index (χ1v) is 13.6. The number of ether oxygens (including phenoxy) is 2. The normalized spacial score (nSPS) is 17.0. The fourth-order valence-corrected chi connectivity index (χ4v) is 5.62. The quantitative estimate of drug-likeness (QED) is 0.345. The molecule has 1 saturated carbocycles. The van der Waals surface area contributed by atoms with Gasteiger partial charge in [0.15, 0.2) is 5.11 Å². The van der Waals surface area contributed by atoms with E-state index in [2.05, 4.69) is 31.1 Å². The van der Waals surface area contributed by atoms with E-state index < -0.39 is 18.3 Å². The second kappa shape index (κ2) is 11.4. The molecule has 2 amide bonds. The summed E-state index contributed by atoms with van der Waals surface area (Å²) < 4.78 is 36.1. The van der Waals surface area contributed by atoms with Gasteiger partial charge in [0.1, 0.15) is 16.4 Å². The van der Waals surface area contributed by atoms with Crippen molar-refractivity contribution in [2.45, 2.75) is 71.1 Å². The van der Waals surface area contributed by atoms with Crippen LogP contribution in [0, 0.1) is 5.92 Å². The average Bonchev–Trinajstić information content (AvgIpc) is 3.47. The highest BCUT2D eigenvalue weighted by atomic mass is 32.1. The second-order valence-corrected chi connectivity index (χ2v) is 11.9. The summed E-state index contributed by atoms with van der Waals surface area (Å²) >= 11 is 6.84. The van der Waals surface area contributed by atoms with Gasteiger partial charge in [0.2, 0.25) is 5.88 Å². The molecule has 0 aliphatic heterocycles. The van der Waals surface area contributed by atoms with E-state index in [9.17, 15) is 18.4 Å². The van der Waals surface area contributed by atoms with Gasteiger partial charge in [0.05, 0.1) is 5.56 Å². The molecule has 2 aliphatic rings. The summed E-state index contributed by atoms with van der Waals surface area (Å²) in [7, 11) is 1.58. The zero-order valence-corrected chi connectivity index (χ0v) is 23.3. The topological polar surface area (TPSA) is 119 Å². The predicted octanol–water partition coefficient (Wildman–Crippen LogP) is 4.41. The number of carbonyl (C=O) groups is 2. The Morgan fingerprint density at radius 3 is 2.66 bits per heavy atom. The number of fused-ring (bicyclic) bond motifs is 1. The number of amides is 2. The lowest BCUT2D eigenvalue weighted by Crippen LogP contribution is -2.41. The number of aryl methyl sites for hydroxylation is 2. The van der Waals surface area contributed by atoms with Crippen LogP contribution in [0.1, 0.15) is 60.8 Å². The Labute approximate surface area is 228 Å². The molecular weight excluding hydrogens is 538 g/mol. The first-order valence-electron chi connectivity index (χ1n) is 12.4. The van der Waals surface area contributed by atoms with Crippen LogP contribution in [0.25, 0.3) is 0 Å². The van der Waals surface area contributed by atoms with Crippen molar-refractivity contribution in [2.24, 2.45) is 13.0 Å². The highest BCUT2D eigenvalue weighted by molar-refractivity contribution is 7.80. The Hall–Kier alpha value is -3.00. The summed E-state index contributed by atoms with van der Waals surface area (Å²) in [6.07, 6.45) is 3.55. The molecule has 0 spiro atoms. The summed E-state index contributed by atoms with van der Waals surface area (Å²) in [6.45, 7) is 2.96. The van der Waals surface area contributed by atoms with Gasteiger partial charge < -0.3 is 25.4 Å². The first-order chi connectivity index (χ1) is 17.9. The number of rotatable bonds is 8. The minimum Gasteiger partial charge on any atom is -0.444 e. The molecule has 208 valence electrons. The first kappa shape index (κ1) is 28.0. The summed E-state index contributed by atoms with van der Waals surface area (Å²) in [5.41, 5.74) is 0.657. The molecule has 38 heavy (non-hydrogen) atoms. The maximum Gasteiger partial charge on any atom is 0.412 e. The van der Waals surface area contributed by atoms with Crippen LogP contribution in [0.2, 0.25) is 0 Å². The standard InChI is InChI=1S/C24H32F2N6O4S2/c1-24(2,3)36-23(34)30-20-18(19(33)27-11-12-5-6-12)14-9-13(7-8-15(14)38-20)28-22(37)29-16-10-17(31-32(16)4)35-21(25)26/h10,12-13,21H,5-9,11H2,1-4H3,(H,27,33)(H,30,34)(H2,28,29,37)/t13-/m0/s1. The molecule has 2 aromatic heterocycles. The number of anilines is 2. The minimum atomic E-state index is -2.98. The molecule has 1 atom stereocenters. The van der Waals surface area contributed by atoms with Crippen molar-refractivity contribution in [3.05, 3.63) is 22.1 Å². The molecule has 2 aromatic rings.